The number of hydrogen-bond acceptors (Lipinski definition) is 6. The summed E-state index contributed by atoms with van der Waals surface area (Å²) in [5, 5.41) is 6.27. The van der Waals surface area contributed by atoms with Crippen molar-refractivity contribution in [1.29, 1.82) is 0 Å². The molecule has 232 valence electrons. The Morgan fingerprint density at radius 2 is 1.73 bits per heavy atom. The lowest BCUT2D eigenvalue weighted by atomic mass is 10.0. The Labute approximate surface area is 266 Å². The fraction of sp³-hybridized carbons (Fsp3) is 0.323. The first-order valence-electron chi connectivity index (χ1n) is 14.1. The van der Waals surface area contributed by atoms with Gasteiger partial charge in [-0.2, -0.15) is 0 Å². The van der Waals surface area contributed by atoms with E-state index in [1.807, 2.05) is 4.90 Å². The molecular weight excluding hydrogens is 625 g/mol. The molecule has 0 saturated carbocycles. The highest BCUT2D eigenvalue weighted by Gasteiger charge is 2.29. The van der Waals surface area contributed by atoms with Crippen molar-refractivity contribution in [3.63, 3.8) is 0 Å². The molecule has 0 spiro atoms. The van der Waals surface area contributed by atoms with Crippen LogP contribution in [-0.4, -0.2) is 80.2 Å². The SMILES string of the molecule is CC(=O)N1CCN(CCNC(=O)c2c(C)[nH]c(/C=C3\C(=O)Nc4ccc(S(=O)(=O)Cc5c(Cl)cccc5Cl)cc43)c2C)CC1. The number of benzene rings is 2. The van der Waals surface area contributed by atoms with E-state index >= 15 is 0 Å². The number of H-pyrrole nitrogens is 1. The number of sulfone groups is 1. The number of aromatic nitrogens is 1. The molecule has 2 aliphatic heterocycles. The summed E-state index contributed by atoms with van der Waals surface area (Å²) in [6.45, 7) is 9.15. The number of hydrogen-bond donors (Lipinski definition) is 3. The van der Waals surface area contributed by atoms with E-state index in [4.69, 9.17) is 23.2 Å². The van der Waals surface area contributed by atoms with Crippen molar-refractivity contribution in [2.24, 2.45) is 0 Å². The molecular formula is C31H33Cl2N5O5S. The maximum Gasteiger partial charge on any atom is 0.256 e. The van der Waals surface area contributed by atoms with Crippen molar-refractivity contribution in [2.75, 3.05) is 44.6 Å². The van der Waals surface area contributed by atoms with Crippen molar-refractivity contribution in [1.82, 2.24) is 20.1 Å². The van der Waals surface area contributed by atoms with Crippen LogP contribution in [0.5, 0.6) is 0 Å². The average Bonchev–Trinajstić information content (AvgIpc) is 3.44. The summed E-state index contributed by atoms with van der Waals surface area (Å²) in [6.07, 6.45) is 1.64. The van der Waals surface area contributed by atoms with Gasteiger partial charge in [0.1, 0.15) is 0 Å². The van der Waals surface area contributed by atoms with E-state index in [-0.39, 0.29) is 38.2 Å². The average molecular weight is 659 g/mol. The van der Waals surface area contributed by atoms with Gasteiger partial charge < -0.3 is 20.5 Å². The predicted octanol–water partition coefficient (Wildman–Crippen LogP) is 4.30. The number of rotatable bonds is 8. The van der Waals surface area contributed by atoms with Crippen LogP contribution in [0, 0.1) is 13.8 Å². The number of aryl methyl sites for hydroxylation is 1. The highest BCUT2D eigenvalue weighted by Crippen LogP contribution is 2.37. The standard InChI is InChI=1S/C31H33Cl2N5O5S/c1-18-28(35-19(2)29(18)31(41)34-9-10-37-11-13-38(14-12-37)20(3)39)16-23-22-15-21(7-8-27(22)36-30(23)40)44(42,43)17-24-25(32)5-4-6-26(24)33/h4-8,15-16,35H,9-14,17H2,1-3H3,(H,34,41)(H,36,40)/b23-16-. The molecule has 0 radical (unpaired) electrons. The third-order valence-corrected chi connectivity index (χ3v) is 10.4. The molecule has 3 heterocycles. The Bertz CT molecular complexity index is 1770. The summed E-state index contributed by atoms with van der Waals surface area (Å²) in [5.74, 6) is -0.936. The lowest BCUT2D eigenvalue weighted by Crippen LogP contribution is -2.49. The number of carbonyl (C=O) groups excluding carboxylic acids is 3. The zero-order valence-corrected chi connectivity index (χ0v) is 26.9. The lowest BCUT2D eigenvalue weighted by molar-refractivity contribution is -0.130. The van der Waals surface area contributed by atoms with E-state index in [9.17, 15) is 22.8 Å². The van der Waals surface area contributed by atoms with Gasteiger partial charge in [-0.25, -0.2) is 8.42 Å². The Hall–Kier alpha value is -3.64. The van der Waals surface area contributed by atoms with Gasteiger partial charge in [0.25, 0.3) is 11.8 Å². The zero-order chi connectivity index (χ0) is 31.8. The maximum absolute atomic E-state index is 13.3. The molecule has 3 amide bonds. The van der Waals surface area contributed by atoms with Gasteiger partial charge in [-0.3, -0.25) is 19.3 Å². The van der Waals surface area contributed by atoms with Crippen molar-refractivity contribution in [3.05, 3.63) is 80.1 Å². The monoisotopic (exact) mass is 657 g/mol. The molecule has 10 nitrogen and oxygen atoms in total. The van der Waals surface area contributed by atoms with Gasteiger partial charge in [0.15, 0.2) is 9.84 Å². The Balaban J connectivity index is 1.33. The van der Waals surface area contributed by atoms with E-state index in [1.54, 1.807) is 51.1 Å². The van der Waals surface area contributed by atoms with Crippen LogP contribution in [-0.2, 0) is 25.2 Å². The van der Waals surface area contributed by atoms with Gasteiger partial charge >= 0.3 is 0 Å². The molecule has 1 aromatic heterocycles. The second-order valence-electron chi connectivity index (χ2n) is 10.9. The second kappa shape index (κ2) is 12.8. The van der Waals surface area contributed by atoms with Gasteiger partial charge in [0, 0.05) is 84.4 Å². The summed E-state index contributed by atoms with van der Waals surface area (Å²) < 4.78 is 26.7. The number of carbonyl (C=O) groups is 3. The summed E-state index contributed by atoms with van der Waals surface area (Å²) in [4.78, 5) is 44.9. The van der Waals surface area contributed by atoms with Crippen LogP contribution >= 0.6 is 23.2 Å². The number of piperazine rings is 1. The molecule has 1 fully saturated rings. The molecule has 0 bridgehead atoms. The molecule has 0 aliphatic carbocycles. The maximum atomic E-state index is 13.3. The lowest BCUT2D eigenvalue weighted by Gasteiger charge is -2.34. The van der Waals surface area contributed by atoms with Gasteiger partial charge in [-0.05, 0) is 55.8 Å². The van der Waals surface area contributed by atoms with Crippen LogP contribution < -0.4 is 10.6 Å². The van der Waals surface area contributed by atoms with Crippen molar-refractivity contribution < 1.29 is 22.8 Å². The number of anilines is 1. The Morgan fingerprint density at radius 3 is 2.39 bits per heavy atom. The molecule has 0 atom stereocenters. The molecule has 1 saturated heterocycles. The van der Waals surface area contributed by atoms with Crippen molar-refractivity contribution in [2.45, 2.75) is 31.4 Å². The van der Waals surface area contributed by atoms with Crippen molar-refractivity contribution in [3.8, 4) is 0 Å². The Morgan fingerprint density at radius 1 is 1.05 bits per heavy atom. The molecule has 2 aromatic carbocycles. The number of fused-ring (bicyclic) bond motifs is 1. The molecule has 2 aliphatic rings. The van der Waals surface area contributed by atoms with Crippen LogP contribution in [0.3, 0.4) is 0 Å². The minimum Gasteiger partial charge on any atom is -0.358 e. The van der Waals surface area contributed by atoms with Gasteiger partial charge in [0.05, 0.1) is 21.8 Å². The zero-order valence-electron chi connectivity index (χ0n) is 24.6. The smallest absolute Gasteiger partial charge is 0.256 e. The minimum atomic E-state index is -3.86. The number of aromatic amines is 1. The van der Waals surface area contributed by atoms with Crippen LogP contribution in [0.4, 0.5) is 5.69 Å². The van der Waals surface area contributed by atoms with Crippen LogP contribution in [0.25, 0.3) is 11.6 Å². The Kier molecular flexibility index (Phi) is 9.22. The molecule has 0 unspecified atom stereocenters. The third kappa shape index (κ3) is 6.56. The van der Waals surface area contributed by atoms with E-state index in [0.29, 0.717) is 65.5 Å². The van der Waals surface area contributed by atoms with Gasteiger partial charge in [0.2, 0.25) is 5.91 Å². The topological polar surface area (TPSA) is 132 Å². The van der Waals surface area contributed by atoms with E-state index in [2.05, 4.69) is 20.5 Å². The summed E-state index contributed by atoms with van der Waals surface area (Å²) >= 11 is 12.4. The summed E-state index contributed by atoms with van der Waals surface area (Å²) in [5.41, 5.74) is 3.87. The number of nitrogens with one attached hydrogen (secondary N) is 3. The van der Waals surface area contributed by atoms with E-state index in [1.165, 1.54) is 12.1 Å². The number of halogens is 2. The minimum absolute atomic E-state index is 0.0248. The molecule has 3 N–H and O–H groups in total. The second-order valence-corrected chi connectivity index (χ2v) is 13.8. The van der Waals surface area contributed by atoms with Crippen LogP contribution in [0.1, 0.15) is 45.4 Å². The first-order valence-corrected chi connectivity index (χ1v) is 16.5. The first-order chi connectivity index (χ1) is 20.9. The van der Waals surface area contributed by atoms with E-state index < -0.39 is 15.6 Å². The number of nitrogens with zero attached hydrogens (tertiary/aromatic N) is 2. The molecule has 44 heavy (non-hydrogen) atoms. The molecule has 5 rings (SSSR count). The number of amides is 3. The fourth-order valence-corrected chi connectivity index (χ4v) is 7.67. The first kappa shape index (κ1) is 31.8. The van der Waals surface area contributed by atoms with Gasteiger partial charge in [-0.1, -0.05) is 29.3 Å². The predicted molar refractivity (Wildman–Crippen MR) is 172 cm³/mol. The fourth-order valence-electron chi connectivity index (χ4n) is 5.55. The van der Waals surface area contributed by atoms with Crippen molar-refractivity contribution >= 4 is 68.1 Å². The quantitative estimate of drug-likeness (QED) is 0.310. The summed E-state index contributed by atoms with van der Waals surface area (Å²) in [6, 6.07) is 9.27. The largest absolute Gasteiger partial charge is 0.358 e. The normalized spacial score (nSPS) is 16.2. The van der Waals surface area contributed by atoms with Crippen LogP contribution in [0.15, 0.2) is 41.3 Å². The van der Waals surface area contributed by atoms with E-state index in [0.717, 1.165) is 13.1 Å². The van der Waals surface area contributed by atoms with Gasteiger partial charge in [-0.15, -0.1) is 0 Å². The molecule has 13 heteroatoms. The highest BCUT2D eigenvalue weighted by molar-refractivity contribution is 7.90. The highest BCUT2D eigenvalue weighted by atomic mass is 35.5. The summed E-state index contributed by atoms with van der Waals surface area (Å²) in [7, 11) is -3.86. The van der Waals surface area contributed by atoms with Crippen LogP contribution in [0.2, 0.25) is 10.0 Å². The molecule has 3 aromatic rings. The third-order valence-electron chi connectivity index (χ3n) is 8.05.